The standard InChI is InChI=1S/C16H17N3O3/c1-22-15(20)13-6-2-3-7-14(13)19-16(21)18-10-8-12-5-4-9-17-11-12/h2-7,9,11H,8,10H2,1H3,(H2,18,19,21). The third-order valence-corrected chi connectivity index (χ3v) is 3.00. The van der Waals surface area contributed by atoms with Gasteiger partial charge in [-0.1, -0.05) is 18.2 Å². The van der Waals surface area contributed by atoms with Crippen LogP contribution >= 0.6 is 0 Å². The number of urea groups is 1. The summed E-state index contributed by atoms with van der Waals surface area (Å²) in [4.78, 5) is 27.5. The van der Waals surface area contributed by atoms with Crippen LogP contribution in [0.4, 0.5) is 10.5 Å². The molecule has 0 aliphatic heterocycles. The van der Waals surface area contributed by atoms with Crippen molar-refractivity contribution >= 4 is 17.7 Å². The summed E-state index contributed by atoms with van der Waals surface area (Å²) in [7, 11) is 1.30. The van der Waals surface area contributed by atoms with Gasteiger partial charge in [0.25, 0.3) is 0 Å². The van der Waals surface area contributed by atoms with E-state index in [0.717, 1.165) is 5.56 Å². The van der Waals surface area contributed by atoms with Gasteiger partial charge < -0.3 is 15.4 Å². The molecule has 22 heavy (non-hydrogen) atoms. The first-order valence-electron chi connectivity index (χ1n) is 6.82. The Morgan fingerprint density at radius 1 is 1.18 bits per heavy atom. The van der Waals surface area contributed by atoms with Crippen LogP contribution in [0.3, 0.4) is 0 Å². The largest absolute Gasteiger partial charge is 0.465 e. The highest BCUT2D eigenvalue weighted by molar-refractivity contribution is 6.00. The zero-order valence-electron chi connectivity index (χ0n) is 12.2. The van der Waals surface area contributed by atoms with Crippen LogP contribution in [0.2, 0.25) is 0 Å². The molecule has 0 saturated heterocycles. The number of amides is 2. The fraction of sp³-hybridized carbons (Fsp3) is 0.188. The van der Waals surface area contributed by atoms with Crippen molar-refractivity contribution in [2.45, 2.75) is 6.42 Å². The Balaban J connectivity index is 1.88. The molecule has 0 radical (unpaired) electrons. The smallest absolute Gasteiger partial charge is 0.339 e. The van der Waals surface area contributed by atoms with Crippen LogP contribution in [0.25, 0.3) is 0 Å². The lowest BCUT2D eigenvalue weighted by molar-refractivity contribution is 0.0602. The van der Waals surface area contributed by atoms with E-state index < -0.39 is 5.97 Å². The molecule has 0 fully saturated rings. The molecule has 1 aromatic heterocycles. The molecular weight excluding hydrogens is 282 g/mol. The summed E-state index contributed by atoms with van der Waals surface area (Å²) >= 11 is 0. The molecule has 2 N–H and O–H groups in total. The zero-order chi connectivity index (χ0) is 15.8. The minimum Gasteiger partial charge on any atom is -0.465 e. The van der Waals surface area contributed by atoms with Gasteiger partial charge in [0, 0.05) is 18.9 Å². The van der Waals surface area contributed by atoms with Gasteiger partial charge in [0.15, 0.2) is 0 Å². The van der Waals surface area contributed by atoms with Gasteiger partial charge in [-0.15, -0.1) is 0 Å². The fourth-order valence-corrected chi connectivity index (χ4v) is 1.91. The lowest BCUT2D eigenvalue weighted by Gasteiger charge is -2.10. The van der Waals surface area contributed by atoms with Crippen LogP contribution in [0.5, 0.6) is 0 Å². The topological polar surface area (TPSA) is 80.3 Å². The molecule has 2 aromatic rings. The average Bonchev–Trinajstić information content (AvgIpc) is 2.55. The van der Waals surface area contributed by atoms with Gasteiger partial charge in [0.05, 0.1) is 18.4 Å². The number of esters is 1. The number of ether oxygens (including phenoxy) is 1. The number of nitrogens with one attached hydrogen (secondary N) is 2. The van der Waals surface area contributed by atoms with Crippen molar-refractivity contribution in [3.63, 3.8) is 0 Å². The minimum absolute atomic E-state index is 0.312. The van der Waals surface area contributed by atoms with Crippen LogP contribution < -0.4 is 10.6 Å². The molecule has 6 heteroatoms. The van der Waals surface area contributed by atoms with E-state index in [1.165, 1.54) is 7.11 Å². The predicted molar refractivity (Wildman–Crippen MR) is 82.7 cm³/mol. The van der Waals surface area contributed by atoms with Gasteiger partial charge in [-0.05, 0) is 30.2 Å². The molecule has 114 valence electrons. The molecule has 0 aliphatic rings. The highest BCUT2D eigenvalue weighted by Crippen LogP contribution is 2.15. The molecule has 1 heterocycles. The Kier molecular flexibility index (Phi) is 5.48. The number of para-hydroxylation sites is 1. The normalized spacial score (nSPS) is 9.86. The van der Waals surface area contributed by atoms with Crippen molar-refractivity contribution in [2.75, 3.05) is 19.0 Å². The summed E-state index contributed by atoms with van der Waals surface area (Å²) in [5, 5.41) is 5.38. The second-order valence-electron chi connectivity index (χ2n) is 4.53. The number of methoxy groups -OCH3 is 1. The first-order valence-corrected chi connectivity index (χ1v) is 6.82. The number of rotatable bonds is 5. The van der Waals surface area contributed by atoms with Crippen LogP contribution in [-0.2, 0) is 11.2 Å². The van der Waals surface area contributed by atoms with E-state index in [4.69, 9.17) is 0 Å². The number of benzene rings is 1. The molecule has 0 aliphatic carbocycles. The van der Waals surface area contributed by atoms with Crippen molar-refractivity contribution < 1.29 is 14.3 Å². The number of aromatic nitrogens is 1. The Labute approximate surface area is 128 Å². The Hall–Kier alpha value is -2.89. The van der Waals surface area contributed by atoms with E-state index in [1.54, 1.807) is 36.7 Å². The van der Waals surface area contributed by atoms with Gasteiger partial charge in [-0.25, -0.2) is 9.59 Å². The highest BCUT2D eigenvalue weighted by Gasteiger charge is 2.12. The lowest BCUT2D eigenvalue weighted by Crippen LogP contribution is -2.31. The van der Waals surface area contributed by atoms with Crippen LogP contribution in [0.15, 0.2) is 48.8 Å². The molecule has 1 aromatic carbocycles. The molecule has 0 bridgehead atoms. The van der Waals surface area contributed by atoms with E-state index in [-0.39, 0.29) is 6.03 Å². The first-order chi connectivity index (χ1) is 10.7. The maximum Gasteiger partial charge on any atom is 0.339 e. The second-order valence-corrected chi connectivity index (χ2v) is 4.53. The first kappa shape index (κ1) is 15.5. The van der Waals surface area contributed by atoms with Gasteiger partial charge >= 0.3 is 12.0 Å². The number of hydrogen-bond acceptors (Lipinski definition) is 4. The molecular formula is C16H17N3O3. The van der Waals surface area contributed by atoms with E-state index in [0.29, 0.717) is 24.2 Å². The van der Waals surface area contributed by atoms with Crippen molar-refractivity contribution in [1.29, 1.82) is 0 Å². The fourth-order valence-electron chi connectivity index (χ4n) is 1.91. The molecule has 2 amide bonds. The van der Waals surface area contributed by atoms with Gasteiger partial charge in [0.1, 0.15) is 0 Å². The van der Waals surface area contributed by atoms with Gasteiger partial charge in [-0.3, -0.25) is 4.98 Å². The monoisotopic (exact) mass is 299 g/mol. The molecule has 0 unspecified atom stereocenters. The van der Waals surface area contributed by atoms with Crippen molar-refractivity contribution in [1.82, 2.24) is 10.3 Å². The number of pyridine rings is 1. The number of carbonyl (C=O) groups is 2. The Morgan fingerprint density at radius 2 is 2.00 bits per heavy atom. The molecule has 0 spiro atoms. The highest BCUT2D eigenvalue weighted by atomic mass is 16.5. The van der Waals surface area contributed by atoms with Crippen LogP contribution in [-0.4, -0.2) is 30.6 Å². The van der Waals surface area contributed by atoms with E-state index in [2.05, 4.69) is 20.4 Å². The maximum absolute atomic E-state index is 11.9. The van der Waals surface area contributed by atoms with E-state index in [9.17, 15) is 9.59 Å². The predicted octanol–water partition coefficient (Wildman–Crippen LogP) is 2.23. The summed E-state index contributed by atoms with van der Waals surface area (Å²) in [6.45, 7) is 0.470. The number of hydrogen-bond donors (Lipinski definition) is 2. The summed E-state index contributed by atoms with van der Waals surface area (Å²) in [5.41, 5.74) is 1.76. The van der Waals surface area contributed by atoms with E-state index >= 15 is 0 Å². The van der Waals surface area contributed by atoms with Crippen molar-refractivity contribution in [2.24, 2.45) is 0 Å². The average molecular weight is 299 g/mol. The lowest BCUT2D eigenvalue weighted by atomic mass is 10.2. The summed E-state index contributed by atoms with van der Waals surface area (Å²) in [6, 6.07) is 10.1. The number of carbonyl (C=O) groups excluding carboxylic acids is 2. The number of anilines is 1. The maximum atomic E-state index is 11.9. The Bertz CT molecular complexity index is 644. The Morgan fingerprint density at radius 3 is 2.73 bits per heavy atom. The SMILES string of the molecule is COC(=O)c1ccccc1NC(=O)NCCc1cccnc1. The van der Waals surface area contributed by atoms with Crippen LogP contribution in [0.1, 0.15) is 15.9 Å². The third kappa shape index (κ3) is 4.31. The van der Waals surface area contributed by atoms with Crippen molar-refractivity contribution in [3.8, 4) is 0 Å². The third-order valence-electron chi connectivity index (χ3n) is 3.00. The summed E-state index contributed by atoms with van der Waals surface area (Å²) in [5.74, 6) is -0.494. The minimum atomic E-state index is -0.494. The molecule has 2 rings (SSSR count). The summed E-state index contributed by atoms with van der Waals surface area (Å²) in [6.07, 6.45) is 4.14. The van der Waals surface area contributed by atoms with Gasteiger partial charge in [0.2, 0.25) is 0 Å². The zero-order valence-corrected chi connectivity index (χ0v) is 12.2. The molecule has 0 atom stereocenters. The molecule has 6 nitrogen and oxygen atoms in total. The van der Waals surface area contributed by atoms with E-state index in [1.807, 2.05) is 12.1 Å². The molecule has 0 saturated carbocycles. The quantitative estimate of drug-likeness (QED) is 0.830. The second kappa shape index (κ2) is 7.78. The van der Waals surface area contributed by atoms with Crippen molar-refractivity contribution in [3.05, 3.63) is 59.9 Å². The summed E-state index contributed by atoms with van der Waals surface area (Å²) < 4.78 is 4.68. The van der Waals surface area contributed by atoms with Gasteiger partial charge in [-0.2, -0.15) is 0 Å². The number of nitrogens with zero attached hydrogens (tertiary/aromatic N) is 1. The van der Waals surface area contributed by atoms with Crippen LogP contribution in [0, 0.1) is 0 Å².